The number of nitrogen functional groups attached to an aromatic ring is 1. The van der Waals surface area contributed by atoms with Crippen LogP contribution in [0.25, 0.3) is 27.4 Å². The summed E-state index contributed by atoms with van der Waals surface area (Å²) in [5.41, 5.74) is 10.6. The van der Waals surface area contributed by atoms with Crippen LogP contribution in [0.1, 0.15) is 24.3 Å². The third-order valence-electron chi connectivity index (χ3n) is 5.21. The lowest BCUT2D eigenvalue weighted by Gasteiger charge is -2.07. The smallest absolute Gasteiger partial charge is 0.262 e. The second-order valence-electron chi connectivity index (χ2n) is 7.26. The Morgan fingerprint density at radius 2 is 1.61 bits per heavy atom. The molecule has 0 fully saturated rings. The first-order chi connectivity index (χ1) is 14.8. The molecule has 0 aliphatic rings. The molecule has 3 nitrogen and oxygen atoms in total. The maximum atomic E-state index is 6.30. The first-order valence-corrected chi connectivity index (χ1v) is 11.2. The van der Waals surface area contributed by atoms with Crippen LogP contribution in [0.4, 0.5) is 5.69 Å². The highest BCUT2D eigenvalue weighted by Crippen LogP contribution is 2.33. The van der Waals surface area contributed by atoms with Crippen LogP contribution in [0, 0.1) is 0 Å². The average Bonchev–Trinajstić information content (AvgIpc) is 3.15. The lowest BCUT2D eigenvalue weighted by Crippen LogP contribution is -3.00. The highest BCUT2D eigenvalue weighted by atomic mass is 127. The predicted molar refractivity (Wildman–Crippen MR) is 128 cm³/mol. The van der Waals surface area contributed by atoms with Gasteiger partial charge in [0.2, 0.25) is 5.52 Å². The van der Waals surface area contributed by atoms with Crippen molar-refractivity contribution in [3.8, 4) is 16.9 Å². The normalized spacial score (nSPS) is 10.6. The van der Waals surface area contributed by atoms with Gasteiger partial charge in [-0.25, -0.2) is 0 Å². The Kier molecular flexibility index (Phi) is 8.49. The van der Waals surface area contributed by atoms with E-state index in [1.807, 2.05) is 54.6 Å². The summed E-state index contributed by atoms with van der Waals surface area (Å²) in [4.78, 5) is 0. The fourth-order valence-corrected chi connectivity index (χ4v) is 4.81. The Morgan fingerprint density at radius 1 is 0.871 bits per heavy atom. The molecule has 0 spiro atoms. The lowest BCUT2D eigenvalue weighted by atomic mass is 10.0. The Hall–Kier alpha value is -2.38. The van der Waals surface area contributed by atoms with E-state index in [1.165, 1.54) is 20.8 Å². The Balaban J connectivity index is 0.00000272. The molecular formula is C26H27IN2OS. The summed E-state index contributed by atoms with van der Waals surface area (Å²) >= 11 is 1.78. The number of fused-ring (bicyclic) bond motifs is 1. The van der Waals surface area contributed by atoms with Gasteiger partial charge in [-0.1, -0.05) is 60.4 Å². The second kappa shape index (κ2) is 11.3. The maximum absolute atomic E-state index is 6.30. The highest BCUT2D eigenvalue weighted by molar-refractivity contribution is 7.18. The van der Waals surface area contributed by atoms with E-state index >= 15 is 0 Å². The summed E-state index contributed by atoms with van der Waals surface area (Å²) in [5, 5.41) is 1.19. The van der Waals surface area contributed by atoms with Gasteiger partial charge in [-0.3, -0.25) is 0 Å². The van der Waals surface area contributed by atoms with Gasteiger partial charge in [-0.15, -0.1) is 0 Å². The summed E-state index contributed by atoms with van der Waals surface area (Å²) in [6, 6.07) is 24.5. The van der Waals surface area contributed by atoms with Crippen LogP contribution in [0.15, 0.2) is 79.4 Å². The van der Waals surface area contributed by atoms with Gasteiger partial charge in [0.05, 0.1) is 12.2 Å². The number of ether oxygens (including phenoxy) is 1. The number of thiazole rings is 1. The number of hydrogen-bond donors (Lipinski definition) is 1. The van der Waals surface area contributed by atoms with Crippen LogP contribution < -0.4 is 39.0 Å². The van der Waals surface area contributed by atoms with Crippen molar-refractivity contribution < 1.29 is 33.3 Å². The average molecular weight is 542 g/mol. The number of anilines is 1. The molecule has 2 N–H and O–H groups in total. The third-order valence-corrected chi connectivity index (χ3v) is 6.36. The minimum absolute atomic E-state index is 0. The van der Waals surface area contributed by atoms with Gasteiger partial charge in [0.1, 0.15) is 10.4 Å². The molecule has 0 atom stereocenters. The molecule has 0 saturated heterocycles. The van der Waals surface area contributed by atoms with E-state index in [1.54, 1.807) is 11.3 Å². The lowest BCUT2D eigenvalue weighted by molar-refractivity contribution is -0.669. The van der Waals surface area contributed by atoms with E-state index < -0.39 is 0 Å². The van der Waals surface area contributed by atoms with Crippen molar-refractivity contribution >= 4 is 33.3 Å². The monoisotopic (exact) mass is 542 g/mol. The number of nitrogens with two attached hydrogens (primary N) is 1. The zero-order chi connectivity index (χ0) is 20.8. The van der Waals surface area contributed by atoms with Gasteiger partial charge in [0, 0.05) is 23.7 Å². The molecule has 3 aromatic carbocycles. The summed E-state index contributed by atoms with van der Waals surface area (Å²) in [5.74, 6) is 0.940. The van der Waals surface area contributed by atoms with Crippen molar-refractivity contribution in [1.29, 1.82) is 0 Å². The number of nitrogens with zero attached hydrogens (tertiary/aromatic N) is 1. The molecule has 4 aromatic rings. The molecule has 5 heteroatoms. The fourth-order valence-electron chi connectivity index (χ4n) is 3.75. The fraction of sp³-hybridized carbons (Fsp3) is 0.192. The van der Waals surface area contributed by atoms with Crippen LogP contribution in [0.3, 0.4) is 0 Å². The number of aryl methyl sites for hydroxylation is 1. The van der Waals surface area contributed by atoms with Crippen molar-refractivity contribution in [3.63, 3.8) is 0 Å². The second-order valence-corrected chi connectivity index (χ2v) is 8.32. The Morgan fingerprint density at radius 3 is 2.39 bits per heavy atom. The van der Waals surface area contributed by atoms with Gasteiger partial charge >= 0.3 is 0 Å². The molecule has 0 unspecified atom stereocenters. The number of aromatic nitrogens is 1. The standard InChI is InChI=1S/C26H27N2OS.HI/c1-2-25-28(18-9-4-10-19-29-20-12-5-3-6-13-20)26-22(15-11-17-24(26)30-25)21-14-7-8-16-23(21)27;/h2-3,5-8,11-17H,1,4,9-10,18-19,27H2;1H/q+1;/p-1. The Bertz CT molecular complexity index is 1140. The molecule has 0 aliphatic heterocycles. The molecule has 31 heavy (non-hydrogen) atoms. The van der Waals surface area contributed by atoms with Crippen LogP contribution in [0.5, 0.6) is 5.75 Å². The number of para-hydroxylation sites is 3. The summed E-state index contributed by atoms with van der Waals surface area (Å²) in [6.07, 6.45) is 5.21. The zero-order valence-corrected chi connectivity index (χ0v) is 20.4. The summed E-state index contributed by atoms with van der Waals surface area (Å²) in [7, 11) is 0. The quantitative estimate of drug-likeness (QED) is 0.153. The molecule has 0 bridgehead atoms. The molecule has 4 rings (SSSR count). The van der Waals surface area contributed by atoms with E-state index in [-0.39, 0.29) is 24.0 Å². The van der Waals surface area contributed by atoms with Gasteiger partial charge in [0.25, 0.3) is 5.01 Å². The first-order valence-electron chi connectivity index (χ1n) is 10.4. The maximum Gasteiger partial charge on any atom is 0.262 e. The molecule has 0 radical (unpaired) electrons. The van der Waals surface area contributed by atoms with Crippen LogP contribution in [-0.2, 0) is 6.54 Å². The van der Waals surface area contributed by atoms with E-state index in [9.17, 15) is 0 Å². The molecule has 0 amide bonds. The van der Waals surface area contributed by atoms with Crippen molar-refractivity contribution in [3.05, 3.63) is 84.4 Å². The molecule has 1 aromatic heterocycles. The number of unbranched alkanes of at least 4 members (excludes halogenated alkanes) is 2. The van der Waals surface area contributed by atoms with Crippen LogP contribution >= 0.6 is 11.3 Å². The van der Waals surface area contributed by atoms with Crippen molar-refractivity contribution in [2.45, 2.75) is 25.8 Å². The minimum atomic E-state index is 0. The van der Waals surface area contributed by atoms with Crippen LogP contribution in [0.2, 0.25) is 0 Å². The number of benzene rings is 3. The summed E-state index contributed by atoms with van der Waals surface area (Å²) in [6.45, 7) is 5.75. The zero-order valence-electron chi connectivity index (χ0n) is 17.5. The Labute approximate surface area is 205 Å². The van der Waals surface area contributed by atoms with Crippen LogP contribution in [-0.4, -0.2) is 6.61 Å². The first kappa shape index (κ1) is 23.3. The number of hydrogen-bond acceptors (Lipinski definition) is 3. The SMILES string of the molecule is C=Cc1sc2cccc(-c3ccccc3N)c2[n+]1CCCCCOc1ccccc1.[I-]. The van der Waals surface area contributed by atoms with E-state index in [0.29, 0.717) is 0 Å². The third kappa shape index (κ3) is 5.46. The van der Waals surface area contributed by atoms with E-state index in [4.69, 9.17) is 10.5 Å². The van der Waals surface area contributed by atoms with Gasteiger partial charge in [0.15, 0.2) is 6.54 Å². The van der Waals surface area contributed by atoms with E-state index in [2.05, 4.69) is 35.4 Å². The van der Waals surface area contributed by atoms with Gasteiger partial charge in [-0.05, 0) is 43.2 Å². The topological polar surface area (TPSA) is 39.1 Å². The van der Waals surface area contributed by atoms with Gasteiger partial charge in [-0.2, -0.15) is 4.57 Å². The number of rotatable bonds is 9. The molecule has 160 valence electrons. The molecular weight excluding hydrogens is 515 g/mol. The molecule has 0 aliphatic carbocycles. The molecule has 1 heterocycles. The summed E-state index contributed by atoms with van der Waals surface area (Å²) < 4.78 is 9.47. The largest absolute Gasteiger partial charge is 1.00 e. The predicted octanol–water partition coefficient (Wildman–Crippen LogP) is 3.33. The molecule has 0 saturated carbocycles. The highest BCUT2D eigenvalue weighted by Gasteiger charge is 2.22. The van der Waals surface area contributed by atoms with Crippen molar-refractivity contribution in [2.75, 3.05) is 12.3 Å². The van der Waals surface area contributed by atoms with Crippen molar-refractivity contribution in [2.24, 2.45) is 0 Å². The van der Waals surface area contributed by atoms with E-state index in [0.717, 1.165) is 49.4 Å². The van der Waals surface area contributed by atoms with Gasteiger partial charge < -0.3 is 34.4 Å². The number of halogens is 1. The minimum Gasteiger partial charge on any atom is -1.00 e. The van der Waals surface area contributed by atoms with Crippen molar-refractivity contribution in [1.82, 2.24) is 0 Å².